The SMILES string of the molecule is C=C(C[C@@H](O)[C@@](C)(O)[C@H]1CC[C@@]2(O)C3=CC(=O)[C@H]4C[C@@H](O)[C@@H](O)C[C@]4(C)[C@H]3CC[C@]12C)C(C)(C)O. The number of allylic oxidation sites excluding steroid dienone is 1. The summed E-state index contributed by atoms with van der Waals surface area (Å²) in [7, 11) is 0. The normalized spacial score (nSPS) is 46.1. The van der Waals surface area contributed by atoms with Crippen molar-refractivity contribution < 1.29 is 35.4 Å². The molecule has 198 valence electrons. The number of ketones is 1. The molecule has 4 aliphatic carbocycles. The molecule has 7 heteroatoms. The maximum Gasteiger partial charge on any atom is 0.159 e. The van der Waals surface area contributed by atoms with Gasteiger partial charge < -0.3 is 30.6 Å². The van der Waals surface area contributed by atoms with Crippen LogP contribution in [-0.4, -0.2) is 71.5 Å². The van der Waals surface area contributed by atoms with Gasteiger partial charge in [0.25, 0.3) is 0 Å². The summed E-state index contributed by atoms with van der Waals surface area (Å²) in [6.45, 7) is 12.6. The molecule has 0 unspecified atom stereocenters. The monoisotopic (exact) mass is 492 g/mol. The van der Waals surface area contributed by atoms with Crippen LogP contribution in [0.15, 0.2) is 23.8 Å². The summed E-state index contributed by atoms with van der Waals surface area (Å²) in [4.78, 5) is 13.3. The summed E-state index contributed by atoms with van der Waals surface area (Å²) < 4.78 is 0. The second-order valence-corrected chi connectivity index (χ2v) is 13.2. The van der Waals surface area contributed by atoms with E-state index >= 15 is 0 Å². The van der Waals surface area contributed by atoms with Crippen LogP contribution in [-0.2, 0) is 4.79 Å². The summed E-state index contributed by atoms with van der Waals surface area (Å²) in [6.07, 6.45) is 1.27. The van der Waals surface area contributed by atoms with Crippen molar-refractivity contribution in [1.29, 1.82) is 0 Å². The molecule has 0 saturated heterocycles. The standard InChI is InChI=1S/C28H44O7/c1-15(24(2,3)33)11-23(32)27(6,34)22-8-10-28(35)17-12-19(29)18-13-20(30)21(31)14-25(18,4)16(17)7-9-26(22,28)5/h12,16,18,20-23,30-35H,1,7-11,13-14H2,2-6H3/t16-,18+,20+,21-,22-,23+,25+,26+,27-,28+/m0/s1. The van der Waals surface area contributed by atoms with Crippen LogP contribution in [0.2, 0.25) is 0 Å². The molecule has 0 radical (unpaired) electrons. The molecule has 0 aromatic carbocycles. The molecule has 3 fully saturated rings. The van der Waals surface area contributed by atoms with E-state index in [1.165, 1.54) is 0 Å². The van der Waals surface area contributed by atoms with Crippen LogP contribution in [0.4, 0.5) is 0 Å². The van der Waals surface area contributed by atoms with Crippen molar-refractivity contribution in [1.82, 2.24) is 0 Å². The van der Waals surface area contributed by atoms with Crippen LogP contribution < -0.4 is 0 Å². The Kier molecular flexibility index (Phi) is 6.32. The van der Waals surface area contributed by atoms with Crippen molar-refractivity contribution in [2.75, 3.05) is 0 Å². The molecule has 0 bridgehead atoms. The minimum absolute atomic E-state index is 0.0330. The van der Waals surface area contributed by atoms with Crippen molar-refractivity contribution in [3.8, 4) is 0 Å². The van der Waals surface area contributed by atoms with Crippen LogP contribution >= 0.6 is 0 Å². The number of aliphatic hydroxyl groups is 6. The molecule has 6 N–H and O–H groups in total. The lowest BCUT2D eigenvalue weighted by Crippen LogP contribution is -2.62. The van der Waals surface area contributed by atoms with Crippen molar-refractivity contribution in [2.45, 2.75) is 115 Å². The van der Waals surface area contributed by atoms with E-state index in [0.29, 0.717) is 43.3 Å². The molecule has 4 rings (SSSR count). The van der Waals surface area contributed by atoms with E-state index in [-0.39, 0.29) is 24.5 Å². The lowest BCUT2D eigenvalue weighted by molar-refractivity contribution is -0.175. The Morgan fingerprint density at radius 1 is 1.11 bits per heavy atom. The van der Waals surface area contributed by atoms with Gasteiger partial charge in [-0.25, -0.2) is 0 Å². The summed E-state index contributed by atoms with van der Waals surface area (Å²) >= 11 is 0. The van der Waals surface area contributed by atoms with Gasteiger partial charge in [-0.2, -0.15) is 0 Å². The number of aliphatic hydroxyl groups excluding tert-OH is 3. The lowest BCUT2D eigenvalue weighted by atomic mass is 9.45. The van der Waals surface area contributed by atoms with Gasteiger partial charge in [-0.15, -0.1) is 0 Å². The largest absolute Gasteiger partial charge is 0.390 e. The van der Waals surface area contributed by atoms with E-state index in [4.69, 9.17) is 0 Å². The Morgan fingerprint density at radius 3 is 2.34 bits per heavy atom. The number of rotatable bonds is 5. The van der Waals surface area contributed by atoms with Crippen molar-refractivity contribution in [3.05, 3.63) is 23.8 Å². The Morgan fingerprint density at radius 2 is 1.74 bits per heavy atom. The molecule has 4 aliphatic rings. The van der Waals surface area contributed by atoms with Gasteiger partial charge in [0.1, 0.15) is 0 Å². The molecule has 3 saturated carbocycles. The van der Waals surface area contributed by atoms with Crippen LogP contribution in [0, 0.1) is 28.6 Å². The summed E-state index contributed by atoms with van der Waals surface area (Å²) in [6, 6.07) is 0. The first-order valence-corrected chi connectivity index (χ1v) is 13.0. The van der Waals surface area contributed by atoms with Crippen LogP contribution in [0.1, 0.15) is 79.6 Å². The maximum absolute atomic E-state index is 13.3. The fourth-order valence-corrected chi connectivity index (χ4v) is 8.23. The number of hydrogen-bond donors (Lipinski definition) is 6. The Bertz CT molecular complexity index is 932. The van der Waals surface area contributed by atoms with E-state index in [0.717, 1.165) is 0 Å². The zero-order valence-electron chi connectivity index (χ0n) is 21.8. The highest BCUT2D eigenvalue weighted by atomic mass is 16.3. The topological polar surface area (TPSA) is 138 Å². The molecule has 0 aliphatic heterocycles. The minimum atomic E-state index is -1.54. The molecule has 7 nitrogen and oxygen atoms in total. The third-order valence-electron chi connectivity index (χ3n) is 10.8. The molecule has 35 heavy (non-hydrogen) atoms. The molecule has 10 atom stereocenters. The highest BCUT2D eigenvalue weighted by molar-refractivity contribution is 5.95. The first-order valence-electron chi connectivity index (χ1n) is 13.0. The third kappa shape index (κ3) is 3.80. The first kappa shape index (κ1) is 27.0. The second kappa shape index (κ2) is 8.20. The van der Waals surface area contributed by atoms with Crippen LogP contribution in [0.5, 0.6) is 0 Å². The number of carbonyl (C=O) groups excluding carboxylic acids is 1. The summed E-state index contributed by atoms with van der Waals surface area (Å²) in [5.74, 6) is -1.04. The van der Waals surface area contributed by atoms with E-state index < -0.39 is 57.8 Å². The van der Waals surface area contributed by atoms with Gasteiger partial charge in [0.2, 0.25) is 0 Å². The van der Waals surface area contributed by atoms with Gasteiger partial charge >= 0.3 is 0 Å². The minimum Gasteiger partial charge on any atom is -0.390 e. The van der Waals surface area contributed by atoms with Gasteiger partial charge in [0.05, 0.1) is 35.1 Å². The predicted molar refractivity (Wildman–Crippen MR) is 131 cm³/mol. The average molecular weight is 493 g/mol. The quantitative estimate of drug-likeness (QED) is 0.323. The summed E-state index contributed by atoms with van der Waals surface area (Å²) in [5, 5.41) is 65.9. The fourth-order valence-electron chi connectivity index (χ4n) is 8.23. The molecule has 0 amide bonds. The van der Waals surface area contributed by atoms with E-state index in [1.54, 1.807) is 26.8 Å². The Hall–Kier alpha value is -1.09. The van der Waals surface area contributed by atoms with Crippen molar-refractivity contribution in [3.63, 3.8) is 0 Å². The van der Waals surface area contributed by atoms with Gasteiger partial charge in [-0.05, 0) is 100 Å². The zero-order valence-corrected chi connectivity index (χ0v) is 21.8. The second-order valence-electron chi connectivity index (χ2n) is 13.2. The fraction of sp³-hybridized carbons (Fsp3) is 0.821. The predicted octanol–water partition coefficient (Wildman–Crippen LogP) is 2.02. The van der Waals surface area contributed by atoms with Crippen LogP contribution in [0.3, 0.4) is 0 Å². The molecule has 0 aromatic heterocycles. The van der Waals surface area contributed by atoms with E-state index in [2.05, 4.69) is 6.58 Å². The Balaban J connectivity index is 1.67. The molecule has 0 heterocycles. The molecular formula is C28H44O7. The molecule has 0 spiro atoms. The number of hydrogen-bond acceptors (Lipinski definition) is 7. The first-order chi connectivity index (χ1) is 15.9. The maximum atomic E-state index is 13.3. The van der Waals surface area contributed by atoms with Crippen LogP contribution in [0.25, 0.3) is 0 Å². The number of fused-ring (bicyclic) bond motifs is 5. The number of carbonyl (C=O) groups is 1. The van der Waals surface area contributed by atoms with Gasteiger partial charge in [-0.3, -0.25) is 4.79 Å². The van der Waals surface area contributed by atoms with E-state index in [1.807, 2.05) is 13.8 Å². The van der Waals surface area contributed by atoms with Crippen molar-refractivity contribution >= 4 is 5.78 Å². The van der Waals surface area contributed by atoms with Gasteiger partial charge in [0.15, 0.2) is 5.78 Å². The van der Waals surface area contributed by atoms with Gasteiger partial charge in [-0.1, -0.05) is 20.4 Å². The van der Waals surface area contributed by atoms with E-state index in [9.17, 15) is 35.4 Å². The average Bonchev–Trinajstić information content (AvgIpc) is 3.01. The van der Waals surface area contributed by atoms with Gasteiger partial charge in [0, 0.05) is 11.3 Å². The molecule has 0 aromatic rings. The highest BCUT2D eigenvalue weighted by Crippen LogP contribution is 2.68. The zero-order chi connectivity index (χ0) is 26.4. The third-order valence-corrected chi connectivity index (χ3v) is 10.8. The smallest absolute Gasteiger partial charge is 0.159 e. The molecular weight excluding hydrogens is 448 g/mol. The summed E-state index contributed by atoms with van der Waals surface area (Å²) in [5.41, 5.74) is -4.27. The van der Waals surface area contributed by atoms with Crippen molar-refractivity contribution in [2.24, 2.45) is 28.6 Å². The highest BCUT2D eigenvalue weighted by Gasteiger charge is 2.69. The lowest BCUT2D eigenvalue weighted by Gasteiger charge is -2.60. The Labute approximate surface area is 208 Å².